The fourth-order valence-corrected chi connectivity index (χ4v) is 3.34. The lowest BCUT2D eigenvalue weighted by atomic mass is 10.1. The molecule has 1 aliphatic heterocycles. The lowest BCUT2D eigenvalue weighted by Crippen LogP contribution is -2.43. The molecule has 1 N–H and O–H groups in total. The molecule has 1 saturated heterocycles. The number of para-hydroxylation sites is 1. The van der Waals surface area contributed by atoms with Crippen LogP contribution in [0.4, 0.5) is 15.8 Å². The Bertz CT molecular complexity index is 915. The number of amides is 2. The van der Waals surface area contributed by atoms with E-state index in [-0.39, 0.29) is 29.8 Å². The van der Waals surface area contributed by atoms with Gasteiger partial charge in [0.1, 0.15) is 5.82 Å². The van der Waals surface area contributed by atoms with Gasteiger partial charge in [0.15, 0.2) is 5.78 Å². The number of halogens is 1. The van der Waals surface area contributed by atoms with E-state index in [0.717, 1.165) is 0 Å². The van der Waals surface area contributed by atoms with E-state index in [1.54, 1.807) is 54.4 Å². The molecular formula is C21H22FN3O3. The van der Waals surface area contributed by atoms with Crippen LogP contribution in [0.5, 0.6) is 0 Å². The summed E-state index contributed by atoms with van der Waals surface area (Å²) in [7, 11) is 1.69. The van der Waals surface area contributed by atoms with Gasteiger partial charge in [-0.05, 0) is 44.7 Å². The number of nitrogens with one attached hydrogen (secondary N) is 1. The third-order valence-electron chi connectivity index (χ3n) is 4.80. The Morgan fingerprint density at radius 3 is 2.68 bits per heavy atom. The minimum Gasteiger partial charge on any atom is -0.325 e. The van der Waals surface area contributed by atoms with E-state index in [4.69, 9.17) is 0 Å². The largest absolute Gasteiger partial charge is 0.325 e. The summed E-state index contributed by atoms with van der Waals surface area (Å²) < 4.78 is 14.0. The molecule has 1 unspecified atom stereocenters. The third-order valence-corrected chi connectivity index (χ3v) is 4.80. The predicted octanol–water partition coefficient (Wildman–Crippen LogP) is 2.70. The molecule has 146 valence electrons. The second kappa shape index (κ2) is 8.31. The summed E-state index contributed by atoms with van der Waals surface area (Å²) in [6.45, 7) is 1.87. The standard InChI is InChI=1S/C21H22FN3O3/c1-14(26)15-6-5-7-16(12-15)23-20(27)13-24(2)19-10-11-25(21(19)28)18-9-4-3-8-17(18)22/h3-9,12,19H,10-11,13H2,1-2H3,(H,23,27). The highest BCUT2D eigenvalue weighted by molar-refractivity contribution is 6.00. The topological polar surface area (TPSA) is 69.7 Å². The summed E-state index contributed by atoms with van der Waals surface area (Å²) in [5.41, 5.74) is 1.29. The molecule has 1 aliphatic rings. The molecule has 1 heterocycles. The zero-order valence-corrected chi connectivity index (χ0v) is 15.8. The van der Waals surface area contributed by atoms with Crippen molar-refractivity contribution in [3.8, 4) is 0 Å². The van der Waals surface area contributed by atoms with Crippen LogP contribution in [0, 0.1) is 5.82 Å². The Labute approximate surface area is 162 Å². The first-order chi connectivity index (χ1) is 13.4. The van der Waals surface area contributed by atoms with E-state index in [1.807, 2.05) is 0 Å². The molecule has 2 aromatic carbocycles. The first-order valence-corrected chi connectivity index (χ1v) is 9.04. The van der Waals surface area contributed by atoms with Gasteiger partial charge in [0, 0.05) is 17.8 Å². The highest BCUT2D eigenvalue weighted by Crippen LogP contribution is 2.26. The van der Waals surface area contributed by atoms with Gasteiger partial charge in [0.05, 0.1) is 18.3 Å². The van der Waals surface area contributed by atoms with Crippen molar-refractivity contribution >= 4 is 29.0 Å². The lowest BCUT2D eigenvalue weighted by molar-refractivity contribution is -0.123. The summed E-state index contributed by atoms with van der Waals surface area (Å²) in [6, 6.07) is 12.4. The Morgan fingerprint density at radius 2 is 1.96 bits per heavy atom. The average Bonchev–Trinajstić information content (AvgIpc) is 3.03. The molecule has 0 aromatic heterocycles. The van der Waals surface area contributed by atoms with Gasteiger partial charge in [0.2, 0.25) is 11.8 Å². The number of Topliss-reactive ketones (excluding diaryl/α,β-unsaturated/α-hetero) is 1. The minimum atomic E-state index is -0.492. The van der Waals surface area contributed by atoms with E-state index in [1.165, 1.54) is 17.9 Å². The van der Waals surface area contributed by atoms with Crippen LogP contribution < -0.4 is 10.2 Å². The van der Waals surface area contributed by atoms with Crippen LogP contribution in [-0.4, -0.2) is 48.7 Å². The second-order valence-electron chi connectivity index (χ2n) is 6.85. The van der Waals surface area contributed by atoms with Gasteiger partial charge in [-0.15, -0.1) is 0 Å². The lowest BCUT2D eigenvalue weighted by Gasteiger charge is -2.23. The van der Waals surface area contributed by atoms with Crippen LogP contribution >= 0.6 is 0 Å². The van der Waals surface area contributed by atoms with Gasteiger partial charge in [0.25, 0.3) is 0 Å². The van der Waals surface area contributed by atoms with E-state index in [9.17, 15) is 18.8 Å². The van der Waals surface area contributed by atoms with Crippen molar-refractivity contribution in [1.29, 1.82) is 0 Å². The number of hydrogen-bond acceptors (Lipinski definition) is 4. The van der Waals surface area contributed by atoms with E-state index in [0.29, 0.717) is 24.2 Å². The number of ketones is 1. The molecular weight excluding hydrogens is 361 g/mol. The van der Waals surface area contributed by atoms with Gasteiger partial charge in [-0.3, -0.25) is 19.3 Å². The molecule has 1 atom stereocenters. The van der Waals surface area contributed by atoms with Crippen LogP contribution in [0.1, 0.15) is 23.7 Å². The molecule has 1 fully saturated rings. The number of carbonyl (C=O) groups excluding carboxylic acids is 3. The van der Waals surface area contributed by atoms with Crippen LogP contribution in [0.15, 0.2) is 48.5 Å². The molecule has 2 amide bonds. The van der Waals surface area contributed by atoms with Crippen LogP contribution in [0.2, 0.25) is 0 Å². The molecule has 28 heavy (non-hydrogen) atoms. The van der Waals surface area contributed by atoms with Gasteiger partial charge >= 0.3 is 0 Å². The van der Waals surface area contributed by atoms with Crippen LogP contribution in [0.3, 0.4) is 0 Å². The van der Waals surface area contributed by atoms with Gasteiger partial charge in [-0.1, -0.05) is 24.3 Å². The number of nitrogens with zero attached hydrogens (tertiary/aromatic N) is 2. The molecule has 2 aromatic rings. The maximum atomic E-state index is 14.0. The van der Waals surface area contributed by atoms with E-state index >= 15 is 0 Å². The number of likely N-dealkylation sites (N-methyl/N-ethyl adjacent to an activating group) is 1. The maximum Gasteiger partial charge on any atom is 0.244 e. The number of anilines is 2. The van der Waals surface area contributed by atoms with Crippen molar-refractivity contribution in [1.82, 2.24) is 4.90 Å². The van der Waals surface area contributed by atoms with Crippen molar-refractivity contribution < 1.29 is 18.8 Å². The summed E-state index contributed by atoms with van der Waals surface area (Å²) in [5, 5.41) is 2.74. The first-order valence-electron chi connectivity index (χ1n) is 9.04. The second-order valence-corrected chi connectivity index (χ2v) is 6.85. The summed E-state index contributed by atoms with van der Waals surface area (Å²) in [6.07, 6.45) is 0.511. The number of benzene rings is 2. The minimum absolute atomic E-state index is 0.00577. The van der Waals surface area contributed by atoms with Gasteiger partial charge in [-0.25, -0.2) is 4.39 Å². The molecule has 0 radical (unpaired) electrons. The van der Waals surface area contributed by atoms with Crippen LogP contribution in [0.25, 0.3) is 0 Å². The fourth-order valence-electron chi connectivity index (χ4n) is 3.34. The highest BCUT2D eigenvalue weighted by Gasteiger charge is 2.36. The molecule has 0 bridgehead atoms. The SMILES string of the molecule is CC(=O)c1cccc(NC(=O)CN(C)C2CCN(c3ccccc3F)C2=O)c1. The summed E-state index contributed by atoms with van der Waals surface area (Å²) >= 11 is 0. The van der Waals surface area contributed by atoms with Crippen molar-refractivity contribution in [3.63, 3.8) is 0 Å². The highest BCUT2D eigenvalue weighted by atomic mass is 19.1. The smallest absolute Gasteiger partial charge is 0.244 e. The van der Waals surface area contributed by atoms with Crippen molar-refractivity contribution in [3.05, 3.63) is 59.9 Å². The number of carbonyl (C=O) groups is 3. The zero-order valence-electron chi connectivity index (χ0n) is 15.8. The van der Waals surface area contributed by atoms with Gasteiger partial charge in [-0.2, -0.15) is 0 Å². The molecule has 7 heteroatoms. The molecule has 0 saturated carbocycles. The third kappa shape index (κ3) is 4.26. The molecule has 6 nitrogen and oxygen atoms in total. The summed E-state index contributed by atoms with van der Waals surface area (Å²) in [5.74, 6) is -1.04. The summed E-state index contributed by atoms with van der Waals surface area (Å²) in [4.78, 5) is 39.6. The Morgan fingerprint density at radius 1 is 1.21 bits per heavy atom. The number of rotatable bonds is 6. The van der Waals surface area contributed by atoms with Crippen molar-refractivity contribution in [2.24, 2.45) is 0 Å². The average molecular weight is 383 g/mol. The van der Waals surface area contributed by atoms with Crippen molar-refractivity contribution in [2.45, 2.75) is 19.4 Å². The quantitative estimate of drug-likeness (QED) is 0.779. The molecule has 0 spiro atoms. The van der Waals surface area contributed by atoms with Crippen LogP contribution in [-0.2, 0) is 9.59 Å². The Kier molecular flexibility index (Phi) is 5.84. The fraction of sp³-hybridized carbons (Fsp3) is 0.286. The van der Waals surface area contributed by atoms with Crippen molar-refractivity contribution in [2.75, 3.05) is 30.4 Å². The monoisotopic (exact) mass is 383 g/mol. The Balaban J connectivity index is 1.62. The number of hydrogen-bond donors (Lipinski definition) is 1. The predicted molar refractivity (Wildman–Crippen MR) is 105 cm³/mol. The van der Waals surface area contributed by atoms with Gasteiger partial charge < -0.3 is 10.2 Å². The molecule has 3 rings (SSSR count). The van der Waals surface area contributed by atoms with E-state index in [2.05, 4.69) is 5.32 Å². The first kappa shape index (κ1) is 19.7. The normalized spacial score (nSPS) is 16.5. The maximum absolute atomic E-state index is 14.0. The Hall–Kier alpha value is -3.06. The molecule has 0 aliphatic carbocycles. The zero-order chi connectivity index (χ0) is 20.3. The van der Waals surface area contributed by atoms with E-state index < -0.39 is 11.9 Å².